The number of carbonyl (C=O) groups is 1. The van der Waals surface area contributed by atoms with Crippen molar-refractivity contribution in [2.24, 2.45) is 7.05 Å². The van der Waals surface area contributed by atoms with Crippen LogP contribution >= 0.6 is 11.3 Å². The molecule has 6 nitrogen and oxygen atoms in total. The molecule has 136 valence electrons. The average Bonchev–Trinajstić information content (AvgIpc) is 3.25. The zero-order chi connectivity index (χ0) is 18.8. The first kappa shape index (κ1) is 17.2. The van der Waals surface area contributed by atoms with Gasteiger partial charge in [0.25, 0.3) is 0 Å². The molecule has 0 aliphatic carbocycles. The fourth-order valence-electron chi connectivity index (χ4n) is 2.95. The van der Waals surface area contributed by atoms with Crippen molar-refractivity contribution >= 4 is 39.0 Å². The molecule has 0 aliphatic heterocycles. The predicted octanol–water partition coefficient (Wildman–Crippen LogP) is 4.90. The van der Waals surface area contributed by atoms with E-state index < -0.39 is 0 Å². The summed E-state index contributed by atoms with van der Waals surface area (Å²) in [6, 6.07) is 15.3. The summed E-state index contributed by atoms with van der Waals surface area (Å²) in [7, 11) is 1.86. The maximum Gasteiger partial charge on any atom is 0.323 e. The molecule has 7 heteroatoms. The molecule has 0 unspecified atom stereocenters. The monoisotopic (exact) mass is 377 g/mol. The first-order valence-electron chi connectivity index (χ1n) is 8.69. The van der Waals surface area contributed by atoms with Gasteiger partial charge in [0.05, 0.1) is 32.8 Å². The molecule has 2 N–H and O–H groups in total. The smallest absolute Gasteiger partial charge is 0.308 e. The van der Waals surface area contributed by atoms with Crippen molar-refractivity contribution in [1.29, 1.82) is 0 Å². The van der Waals surface area contributed by atoms with E-state index in [1.807, 2.05) is 55.6 Å². The molecule has 0 saturated heterocycles. The second-order valence-corrected chi connectivity index (χ2v) is 7.23. The highest BCUT2D eigenvalue weighted by Gasteiger charge is 2.14. The topological polar surface area (TPSA) is 71.8 Å². The van der Waals surface area contributed by atoms with Gasteiger partial charge in [0.2, 0.25) is 0 Å². The van der Waals surface area contributed by atoms with Crippen molar-refractivity contribution in [2.75, 3.05) is 10.6 Å². The molecule has 2 heterocycles. The molecule has 0 fully saturated rings. The van der Waals surface area contributed by atoms with Crippen molar-refractivity contribution < 1.29 is 4.79 Å². The maximum absolute atomic E-state index is 12.5. The normalized spacial score (nSPS) is 10.9. The molecule has 2 amide bonds. The number of rotatable bonds is 4. The van der Waals surface area contributed by atoms with Crippen molar-refractivity contribution in [3.05, 3.63) is 59.7 Å². The molecule has 4 rings (SSSR count). The Balaban J connectivity index is 1.53. The Labute approximate surface area is 160 Å². The van der Waals surface area contributed by atoms with Crippen LogP contribution in [0.5, 0.6) is 0 Å². The minimum Gasteiger partial charge on any atom is -0.308 e. The number of urea groups is 1. The number of nitrogens with one attached hydrogen (secondary N) is 2. The third-order valence-electron chi connectivity index (χ3n) is 4.23. The van der Waals surface area contributed by atoms with Crippen LogP contribution in [0.1, 0.15) is 11.9 Å². The van der Waals surface area contributed by atoms with E-state index in [0.29, 0.717) is 5.69 Å². The van der Waals surface area contributed by atoms with Gasteiger partial charge < -0.3 is 10.6 Å². The summed E-state index contributed by atoms with van der Waals surface area (Å²) >= 11 is 1.65. The van der Waals surface area contributed by atoms with Crippen LogP contribution in [0.4, 0.5) is 16.2 Å². The van der Waals surface area contributed by atoms with Crippen molar-refractivity contribution in [1.82, 2.24) is 14.8 Å². The lowest BCUT2D eigenvalue weighted by molar-refractivity contribution is 0.262. The number of carbonyl (C=O) groups excluding carboxylic acids is 1. The lowest BCUT2D eigenvalue weighted by Crippen LogP contribution is -2.19. The first-order chi connectivity index (χ1) is 13.1. The minimum absolute atomic E-state index is 0.306. The van der Waals surface area contributed by atoms with E-state index in [2.05, 4.69) is 27.6 Å². The molecule has 0 spiro atoms. The van der Waals surface area contributed by atoms with Crippen LogP contribution < -0.4 is 10.6 Å². The standard InChI is InChI=1S/C20H19N5OS/c1-3-18-23-15-10-9-14(11-17(15)27-18)22-20(26)24-16-12-21-25(2)19(16)13-7-5-4-6-8-13/h4-12H,3H2,1-2H3,(H2,22,24,26). The van der Waals surface area contributed by atoms with E-state index in [1.165, 1.54) is 0 Å². The zero-order valence-electron chi connectivity index (χ0n) is 15.1. The second kappa shape index (κ2) is 7.20. The number of aryl methyl sites for hydroxylation is 2. The molecule has 0 bridgehead atoms. The first-order valence-corrected chi connectivity index (χ1v) is 9.50. The lowest BCUT2D eigenvalue weighted by atomic mass is 10.1. The van der Waals surface area contributed by atoms with E-state index in [4.69, 9.17) is 0 Å². The minimum atomic E-state index is -0.306. The quantitative estimate of drug-likeness (QED) is 0.531. The third kappa shape index (κ3) is 3.54. The van der Waals surface area contributed by atoms with E-state index in [1.54, 1.807) is 22.2 Å². The Bertz CT molecular complexity index is 1100. The molecule has 0 aliphatic rings. The molecular formula is C20H19N5OS. The van der Waals surface area contributed by atoms with Gasteiger partial charge >= 0.3 is 6.03 Å². The third-order valence-corrected chi connectivity index (χ3v) is 5.39. The van der Waals surface area contributed by atoms with Crippen molar-refractivity contribution in [2.45, 2.75) is 13.3 Å². The summed E-state index contributed by atoms with van der Waals surface area (Å²) in [5, 5.41) is 11.2. The molecule has 2 aromatic heterocycles. The SMILES string of the molecule is CCc1nc2ccc(NC(=O)Nc3cnn(C)c3-c3ccccc3)cc2s1. The van der Waals surface area contributed by atoms with Gasteiger partial charge in [-0.05, 0) is 24.6 Å². The summed E-state index contributed by atoms with van der Waals surface area (Å²) in [4.78, 5) is 17.0. The number of amides is 2. The number of nitrogens with zero attached hydrogens (tertiary/aromatic N) is 3. The average molecular weight is 377 g/mol. The molecule has 27 heavy (non-hydrogen) atoms. The summed E-state index contributed by atoms with van der Waals surface area (Å²) in [5.41, 5.74) is 4.20. The van der Waals surface area contributed by atoms with Crippen LogP contribution in [0.15, 0.2) is 54.7 Å². The van der Waals surface area contributed by atoms with Crippen LogP contribution in [0, 0.1) is 0 Å². The highest BCUT2D eigenvalue weighted by Crippen LogP contribution is 2.28. The molecule has 0 radical (unpaired) electrons. The maximum atomic E-state index is 12.5. The van der Waals surface area contributed by atoms with E-state index in [9.17, 15) is 4.79 Å². The predicted molar refractivity (Wildman–Crippen MR) is 110 cm³/mol. The van der Waals surface area contributed by atoms with Crippen LogP contribution in [0.25, 0.3) is 21.5 Å². The van der Waals surface area contributed by atoms with Crippen molar-refractivity contribution in [3.63, 3.8) is 0 Å². The molecule has 0 saturated carbocycles. The Morgan fingerprint density at radius 1 is 1.15 bits per heavy atom. The lowest BCUT2D eigenvalue weighted by Gasteiger charge is -2.09. The van der Waals surface area contributed by atoms with Gasteiger partial charge in [-0.3, -0.25) is 4.68 Å². The Hall–Kier alpha value is -3.19. The Morgan fingerprint density at radius 3 is 2.74 bits per heavy atom. The summed E-state index contributed by atoms with van der Waals surface area (Å²) in [6.07, 6.45) is 2.56. The van der Waals surface area contributed by atoms with Gasteiger partial charge in [0, 0.05) is 18.3 Å². The van der Waals surface area contributed by atoms with Gasteiger partial charge in [-0.2, -0.15) is 5.10 Å². The van der Waals surface area contributed by atoms with Crippen LogP contribution in [-0.4, -0.2) is 20.8 Å². The van der Waals surface area contributed by atoms with Crippen molar-refractivity contribution in [3.8, 4) is 11.3 Å². The van der Waals surface area contributed by atoms with E-state index in [-0.39, 0.29) is 6.03 Å². The Morgan fingerprint density at radius 2 is 1.96 bits per heavy atom. The highest BCUT2D eigenvalue weighted by molar-refractivity contribution is 7.18. The summed E-state index contributed by atoms with van der Waals surface area (Å²) in [6.45, 7) is 2.09. The Kier molecular flexibility index (Phi) is 4.60. The number of aromatic nitrogens is 3. The number of anilines is 2. The number of benzene rings is 2. The van der Waals surface area contributed by atoms with Gasteiger partial charge in [0.15, 0.2) is 0 Å². The number of hydrogen-bond acceptors (Lipinski definition) is 4. The van der Waals surface area contributed by atoms with E-state index in [0.717, 1.165) is 38.6 Å². The summed E-state index contributed by atoms with van der Waals surface area (Å²) in [5.74, 6) is 0. The van der Waals surface area contributed by atoms with Crippen LogP contribution in [0.3, 0.4) is 0 Å². The fourth-order valence-corrected chi connectivity index (χ4v) is 3.90. The molecule has 4 aromatic rings. The molecule has 2 aromatic carbocycles. The fraction of sp³-hybridized carbons (Fsp3) is 0.150. The van der Waals surface area contributed by atoms with E-state index >= 15 is 0 Å². The van der Waals surface area contributed by atoms with Gasteiger partial charge in [0.1, 0.15) is 0 Å². The van der Waals surface area contributed by atoms with Crippen LogP contribution in [-0.2, 0) is 13.5 Å². The van der Waals surface area contributed by atoms with Crippen LogP contribution in [0.2, 0.25) is 0 Å². The summed E-state index contributed by atoms with van der Waals surface area (Å²) < 4.78 is 2.82. The van der Waals surface area contributed by atoms with Gasteiger partial charge in [-0.15, -0.1) is 11.3 Å². The van der Waals surface area contributed by atoms with Gasteiger partial charge in [-0.25, -0.2) is 9.78 Å². The number of fused-ring (bicyclic) bond motifs is 1. The second-order valence-electron chi connectivity index (χ2n) is 6.12. The zero-order valence-corrected chi connectivity index (χ0v) is 15.9. The largest absolute Gasteiger partial charge is 0.323 e. The molecular weight excluding hydrogens is 358 g/mol. The number of hydrogen-bond donors (Lipinski definition) is 2. The number of thiazole rings is 1. The highest BCUT2D eigenvalue weighted by atomic mass is 32.1. The molecule has 0 atom stereocenters. The van der Waals surface area contributed by atoms with Gasteiger partial charge in [-0.1, -0.05) is 37.3 Å².